The lowest BCUT2D eigenvalue weighted by molar-refractivity contribution is -0.120. The van der Waals surface area contributed by atoms with Crippen LogP contribution in [0.2, 0.25) is 0 Å². The lowest BCUT2D eigenvalue weighted by atomic mass is 10.2. The van der Waals surface area contributed by atoms with Crippen molar-refractivity contribution in [3.8, 4) is 5.75 Å². The molecule has 6 nitrogen and oxygen atoms in total. The number of hydrogen-bond acceptors (Lipinski definition) is 5. The predicted octanol–water partition coefficient (Wildman–Crippen LogP) is 3.72. The van der Waals surface area contributed by atoms with E-state index in [1.165, 1.54) is 30.7 Å². The molecule has 1 aliphatic carbocycles. The van der Waals surface area contributed by atoms with E-state index in [1.54, 1.807) is 24.3 Å². The van der Waals surface area contributed by atoms with E-state index in [2.05, 4.69) is 22.1 Å². The van der Waals surface area contributed by atoms with Crippen molar-refractivity contribution in [3.63, 3.8) is 0 Å². The van der Waals surface area contributed by atoms with Crippen LogP contribution in [0.5, 0.6) is 5.75 Å². The number of halogens is 1. The summed E-state index contributed by atoms with van der Waals surface area (Å²) < 4.78 is 21.1. The maximum absolute atomic E-state index is 13.7. The van der Waals surface area contributed by atoms with E-state index >= 15 is 0 Å². The molecule has 0 radical (unpaired) electrons. The van der Waals surface area contributed by atoms with Crippen molar-refractivity contribution < 1.29 is 13.9 Å². The van der Waals surface area contributed by atoms with Gasteiger partial charge in [0.1, 0.15) is 6.61 Å². The fourth-order valence-electron chi connectivity index (χ4n) is 3.13. The summed E-state index contributed by atoms with van der Waals surface area (Å²) in [5.41, 5.74) is 0. The van der Waals surface area contributed by atoms with Crippen LogP contribution in [0.25, 0.3) is 0 Å². The fraction of sp³-hybridized carbons (Fsp3) is 0.450. The third-order valence-electron chi connectivity index (χ3n) is 4.65. The Morgan fingerprint density at radius 2 is 2.18 bits per heavy atom. The third kappa shape index (κ3) is 5.13. The molecule has 1 saturated carbocycles. The Balaban J connectivity index is 1.65. The van der Waals surface area contributed by atoms with Crippen LogP contribution in [0.4, 0.5) is 4.39 Å². The summed E-state index contributed by atoms with van der Waals surface area (Å²) in [6.07, 6.45) is 6.17. The quantitative estimate of drug-likeness (QED) is 0.510. The molecule has 1 unspecified atom stereocenters. The molecule has 28 heavy (non-hydrogen) atoms. The highest BCUT2D eigenvalue weighted by Gasteiger charge is 2.23. The molecule has 1 aromatic heterocycles. The van der Waals surface area contributed by atoms with E-state index < -0.39 is 5.82 Å². The topological polar surface area (TPSA) is 69.0 Å². The summed E-state index contributed by atoms with van der Waals surface area (Å²) >= 11 is 1.35. The van der Waals surface area contributed by atoms with Gasteiger partial charge in [-0.05, 0) is 31.9 Å². The summed E-state index contributed by atoms with van der Waals surface area (Å²) in [6.45, 7) is 6.17. The number of aromatic nitrogens is 3. The number of amides is 1. The molecule has 1 fully saturated rings. The zero-order valence-corrected chi connectivity index (χ0v) is 16.8. The normalized spacial score (nSPS) is 15.4. The van der Waals surface area contributed by atoms with Gasteiger partial charge in [0.05, 0.1) is 5.25 Å². The van der Waals surface area contributed by atoms with Gasteiger partial charge in [0.2, 0.25) is 5.91 Å². The average Bonchev–Trinajstić information content (AvgIpc) is 3.32. The zero-order valence-electron chi connectivity index (χ0n) is 15.9. The number of carbonyl (C=O) groups is 1. The summed E-state index contributed by atoms with van der Waals surface area (Å²) in [7, 11) is 0. The van der Waals surface area contributed by atoms with Crippen LogP contribution in [0.1, 0.15) is 38.4 Å². The number of thioether (sulfide) groups is 1. The van der Waals surface area contributed by atoms with Gasteiger partial charge in [-0.25, -0.2) is 4.39 Å². The second-order valence-electron chi connectivity index (χ2n) is 6.77. The number of para-hydroxylation sites is 1. The summed E-state index contributed by atoms with van der Waals surface area (Å²) in [5.74, 6) is 0.293. The Bertz CT molecular complexity index is 820. The molecule has 1 N–H and O–H groups in total. The van der Waals surface area contributed by atoms with Crippen molar-refractivity contribution in [2.45, 2.75) is 62.2 Å². The van der Waals surface area contributed by atoms with Gasteiger partial charge in [-0.15, -0.1) is 16.8 Å². The lowest BCUT2D eigenvalue weighted by Crippen LogP contribution is -2.37. The van der Waals surface area contributed by atoms with E-state index in [1.807, 2.05) is 11.5 Å². The number of nitrogens with zero attached hydrogens (tertiary/aromatic N) is 3. The van der Waals surface area contributed by atoms with E-state index in [0.29, 0.717) is 17.5 Å². The fourth-order valence-corrected chi connectivity index (χ4v) is 4.02. The van der Waals surface area contributed by atoms with Gasteiger partial charge in [0.25, 0.3) is 0 Å². The highest BCUT2D eigenvalue weighted by atomic mass is 32.2. The third-order valence-corrected chi connectivity index (χ3v) is 5.73. The van der Waals surface area contributed by atoms with Crippen LogP contribution < -0.4 is 10.1 Å². The van der Waals surface area contributed by atoms with Gasteiger partial charge in [-0.3, -0.25) is 9.36 Å². The minimum Gasteiger partial charge on any atom is -0.483 e. The van der Waals surface area contributed by atoms with Crippen LogP contribution in [0.3, 0.4) is 0 Å². The van der Waals surface area contributed by atoms with E-state index in [9.17, 15) is 9.18 Å². The van der Waals surface area contributed by atoms with Crippen LogP contribution >= 0.6 is 11.8 Å². The van der Waals surface area contributed by atoms with Gasteiger partial charge < -0.3 is 10.1 Å². The van der Waals surface area contributed by atoms with Gasteiger partial charge in [0, 0.05) is 12.6 Å². The number of ether oxygens (including phenoxy) is 1. The van der Waals surface area contributed by atoms with Crippen LogP contribution in [0.15, 0.2) is 42.1 Å². The molecule has 1 heterocycles. The van der Waals surface area contributed by atoms with Gasteiger partial charge in [-0.2, -0.15) is 0 Å². The second kappa shape index (κ2) is 9.73. The highest BCUT2D eigenvalue weighted by Crippen LogP contribution is 2.25. The molecule has 3 rings (SSSR count). The first-order valence-electron chi connectivity index (χ1n) is 9.45. The lowest BCUT2D eigenvalue weighted by Gasteiger charge is -2.16. The number of carbonyl (C=O) groups excluding carboxylic acids is 1. The van der Waals surface area contributed by atoms with Crippen LogP contribution in [0, 0.1) is 5.82 Å². The predicted molar refractivity (Wildman–Crippen MR) is 107 cm³/mol. The molecule has 1 aromatic carbocycles. The minimum atomic E-state index is -0.427. The Morgan fingerprint density at radius 3 is 2.89 bits per heavy atom. The van der Waals surface area contributed by atoms with Crippen molar-refractivity contribution in [1.82, 2.24) is 20.1 Å². The van der Waals surface area contributed by atoms with Crippen molar-refractivity contribution in [2.75, 3.05) is 0 Å². The Hall–Kier alpha value is -2.35. The molecule has 1 aliphatic rings. The number of benzene rings is 1. The molecule has 2 aromatic rings. The Morgan fingerprint density at radius 1 is 1.43 bits per heavy atom. The first-order valence-corrected chi connectivity index (χ1v) is 10.3. The Kier molecular flexibility index (Phi) is 7.08. The highest BCUT2D eigenvalue weighted by molar-refractivity contribution is 8.00. The molecule has 1 amide bonds. The van der Waals surface area contributed by atoms with Crippen LogP contribution in [-0.2, 0) is 17.9 Å². The largest absolute Gasteiger partial charge is 0.483 e. The number of nitrogens with one attached hydrogen (secondary N) is 1. The number of rotatable bonds is 9. The maximum atomic E-state index is 13.7. The molecule has 8 heteroatoms. The summed E-state index contributed by atoms with van der Waals surface area (Å²) in [5, 5.41) is 11.8. The first kappa shape index (κ1) is 20.4. The monoisotopic (exact) mass is 404 g/mol. The number of hydrogen-bond donors (Lipinski definition) is 1. The van der Waals surface area contributed by atoms with Crippen molar-refractivity contribution in [1.29, 1.82) is 0 Å². The average molecular weight is 405 g/mol. The smallest absolute Gasteiger partial charge is 0.233 e. The molecular weight excluding hydrogens is 379 g/mol. The minimum absolute atomic E-state index is 0.00853. The zero-order chi connectivity index (χ0) is 19.9. The molecule has 150 valence electrons. The van der Waals surface area contributed by atoms with Crippen molar-refractivity contribution in [2.24, 2.45) is 0 Å². The summed E-state index contributed by atoms with van der Waals surface area (Å²) in [4.78, 5) is 12.5. The van der Waals surface area contributed by atoms with Gasteiger partial charge in [0.15, 0.2) is 22.5 Å². The second-order valence-corrected chi connectivity index (χ2v) is 8.08. The maximum Gasteiger partial charge on any atom is 0.233 e. The van der Waals surface area contributed by atoms with Crippen molar-refractivity contribution in [3.05, 3.63) is 48.6 Å². The molecule has 0 bridgehead atoms. The van der Waals surface area contributed by atoms with Gasteiger partial charge >= 0.3 is 0 Å². The van der Waals surface area contributed by atoms with E-state index in [0.717, 1.165) is 12.8 Å². The van der Waals surface area contributed by atoms with E-state index in [4.69, 9.17) is 4.74 Å². The van der Waals surface area contributed by atoms with Crippen molar-refractivity contribution >= 4 is 17.7 Å². The van der Waals surface area contributed by atoms with Crippen LogP contribution in [-0.4, -0.2) is 32.0 Å². The van der Waals surface area contributed by atoms with Gasteiger partial charge in [-0.1, -0.05) is 42.8 Å². The molecule has 0 saturated heterocycles. The van der Waals surface area contributed by atoms with E-state index in [-0.39, 0.29) is 29.6 Å². The molecule has 1 atom stereocenters. The molecular formula is C20H25FN4O2S. The first-order chi connectivity index (χ1) is 13.6. The summed E-state index contributed by atoms with van der Waals surface area (Å²) in [6, 6.07) is 6.50. The number of allylic oxidation sites excluding steroid dienone is 1. The SMILES string of the molecule is C=CCn1c(COc2ccccc2F)nnc1SC(C)C(=O)NC1CCCC1. The molecule has 0 aliphatic heterocycles. The standard InChI is InChI=1S/C20H25FN4O2S/c1-3-12-25-18(13-27-17-11-7-6-10-16(17)21)23-24-20(25)28-14(2)19(26)22-15-8-4-5-9-15/h3,6-7,10-11,14-15H,1,4-5,8-9,12-13H2,2H3,(H,22,26). The molecule has 0 spiro atoms. The Labute approximate surface area is 168 Å².